The standard InChI is InChI=1S/C26H32Cl2N4O4S/c1-17-10-11-18-8-6-9-21(24(18)30-17)36-16-19-20(27)12-13-22(23(19)28)37(34,35)31-26(2,3)25(33)29-14-7-15-32(4)5/h6,8-13,31H,7,14-16H2,1-5H3,(H,29,33). The molecule has 3 rings (SSSR count). The van der Waals surface area contributed by atoms with Crippen molar-refractivity contribution in [2.24, 2.45) is 0 Å². The molecule has 0 aliphatic carbocycles. The second kappa shape index (κ2) is 12.0. The minimum Gasteiger partial charge on any atom is -0.487 e. The SMILES string of the molecule is Cc1ccc2cccc(OCc3c(Cl)ccc(S(=O)(=O)NC(C)(C)C(=O)NCCCN(C)C)c3Cl)c2n1. The van der Waals surface area contributed by atoms with Gasteiger partial charge in [0, 0.05) is 28.2 Å². The zero-order valence-corrected chi connectivity index (χ0v) is 23.9. The average Bonchev–Trinajstić information content (AvgIpc) is 2.80. The van der Waals surface area contributed by atoms with Gasteiger partial charge in [-0.2, -0.15) is 4.72 Å². The summed E-state index contributed by atoms with van der Waals surface area (Å²) in [4.78, 5) is 19.0. The van der Waals surface area contributed by atoms with Gasteiger partial charge in [-0.3, -0.25) is 4.79 Å². The summed E-state index contributed by atoms with van der Waals surface area (Å²) in [5, 5.41) is 3.86. The highest BCUT2D eigenvalue weighted by molar-refractivity contribution is 7.89. The number of nitrogens with one attached hydrogen (secondary N) is 2. The predicted molar refractivity (Wildman–Crippen MR) is 148 cm³/mol. The number of hydrogen-bond acceptors (Lipinski definition) is 6. The molecule has 0 radical (unpaired) electrons. The lowest BCUT2D eigenvalue weighted by atomic mass is 10.1. The Morgan fingerprint density at radius 1 is 1.11 bits per heavy atom. The number of sulfonamides is 1. The number of benzene rings is 2. The van der Waals surface area contributed by atoms with Gasteiger partial charge < -0.3 is 15.0 Å². The van der Waals surface area contributed by atoms with Crippen molar-refractivity contribution in [1.29, 1.82) is 0 Å². The number of nitrogens with zero attached hydrogens (tertiary/aromatic N) is 2. The quantitative estimate of drug-likeness (QED) is 0.330. The zero-order chi connectivity index (χ0) is 27.4. The van der Waals surface area contributed by atoms with Crippen LogP contribution in [0.2, 0.25) is 10.0 Å². The molecule has 0 saturated carbocycles. The van der Waals surface area contributed by atoms with E-state index in [1.165, 1.54) is 26.0 Å². The number of fused-ring (bicyclic) bond motifs is 1. The minimum atomic E-state index is -4.18. The van der Waals surface area contributed by atoms with Crippen LogP contribution in [0.5, 0.6) is 5.75 Å². The molecule has 0 aliphatic heterocycles. The van der Waals surface area contributed by atoms with Crippen molar-refractivity contribution in [2.75, 3.05) is 27.2 Å². The molecule has 37 heavy (non-hydrogen) atoms. The van der Waals surface area contributed by atoms with Crippen molar-refractivity contribution < 1.29 is 17.9 Å². The number of hydrogen-bond donors (Lipinski definition) is 2. The van der Waals surface area contributed by atoms with Crippen LogP contribution >= 0.6 is 23.2 Å². The molecule has 11 heteroatoms. The number of aryl methyl sites for hydroxylation is 1. The highest BCUT2D eigenvalue weighted by atomic mass is 35.5. The van der Waals surface area contributed by atoms with E-state index in [1.54, 1.807) is 6.07 Å². The van der Waals surface area contributed by atoms with E-state index in [4.69, 9.17) is 27.9 Å². The fourth-order valence-corrected chi connectivity index (χ4v) is 5.92. The maximum absolute atomic E-state index is 13.3. The highest BCUT2D eigenvalue weighted by Crippen LogP contribution is 2.33. The van der Waals surface area contributed by atoms with Gasteiger partial charge in [0.15, 0.2) is 0 Å². The van der Waals surface area contributed by atoms with Gasteiger partial charge in [0.25, 0.3) is 0 Å². The van der Waals surface area contributed by atoms with Gasteiger partial charge in [0.1, 0.15) is 28.3 Å². The van der Waals surface area contributed by atoms with Crippen molar-refractivity contribution >= 4 is 50.0 Å². The molecule has 0 unspecified atom stereocenters. The fraction of sp³-hybridized carbons (Fsp3) is 0.385. The average molecular weight is 568 g/mol. The van der Waals surface area contributed by atoms with Crippen LogP contribution in [0.15, 0.2) is 47.4 Å². The van der Waals surface area contributed by atoms with Crippen molar-refractivity contribution in [3.63, 3.8) is 0 Å². The number of carbonyl (C=O) groups is 1. The maximum Gasteiger partial charge on any atom is 0.243 e. The largest absolute Gasteiger partial charge is 0.487 e. The molecule has 2 N–H and O–H groups in total. The normalized spacial score (nSPS) is 12.2. The Morgan fingerprint density at radius 2 is 1.84 bits per heavy atom. The van der Waals surface area contributed by atoms with Crippen molar-refractivity contribution in [3.8, 4) is 5.75 Å². The maximum atomic E-state index is 13.3. The van der Waals surface area contributed by atoms with Crippen LogP contribution < -0.4 is 14.8 Å². The van der Waals surface area contributed by atoms with Crippen LogP contribution in [0, 0.1) is 6.92 Å². The number of halogens is 2. The van der Waals surface area contributed by atoms with E-state index in [0.717, 1.165) is 24.0 Å². The Hall–Kier alpha value is -2.43. The van der Waals surface area contributed by atoms with Gasteiger partial charge in [0.2, 0.25) is 15.9 Å². The summed E-state index contributed by atoms with van der Waals surface area (Å²) in [5.74, 6) is 0.0778. The highest BCUT2D eigenvalue weighted by Gasteiger charge is 2.34. The molecule has 1 amide bonds. The van der Waals surface area contributed by atoms with Gasteiger partial charge in [-0.05, 0) is 72.1 Å². The first-order valence-electron chi connectivity index (χ1n) is 11.7. The minimum absolute atomic E-state index is 0.0773. The van der Waals surface area contributed by atoms with Gasteiger partial charge in [-0.25, -0.2) is 13.4 Å². The van der Waals surface area contributed by atoms with Gasteiger partial charge in [-0.1, -0.05) is 41.4 Å². The second-order valence-electron chi connectivity index (χ2n) is 9.55. The fourth-order valence-electron chi connectivity index (χ4n) is 3.66. The molecule has 1 heterocycles. The number of para-hydroxylation sites is 1. The molecule has 0 saturated heterocycles. The number of rotatable bonds is 11. The number of amides is 1. The van der Waals surface area contributed by atoms with Crippen LogP contribution in [0.25, 0.3) is 10.9 Å². The van der Waals surface area contributed by atoms with E-state index < -0.39 is 21.5 Å². The number of pyridine rings is 1. The zero-order valence-electron chi connectivity index (χ0n) is 21.6. The third kappa shape index (κ3) is 7.33. The molecule has 8 nitrogen and oxygen atoms in total. The van der Waals surface area contributed by atoms with Crippen molar-refractivity contribution in [2.45, 2.75) is 44.2 Å². The summed E-state index contributed by atoms with van der Waals surface area (Å²) in [6.45, 7) is 6.02. The van der Waals surface area contributed by atoms with Crippen molar-refractivity contribution in [3.05, 3.63) is 63.8 Å². The Labute approximate surface area is 228 Å². The monoisotopic (exact) mass is 566 g/mol. The van der Waals surface area contributed by atoms with Crippen LogP contribution in [0.1, 0.15) is 31.5 Å². The molecule has 2 aromatic carbocycles. The Balaban J connectivity index is 1.80. The summed E-state index contributed by atoms with van der Waals surface area (Å²) < 4.78 is 35.0. The molecule has 0 spiro atoms. The van der Waals surface area contributed by atoms with E-state index in [2.05, 4.69) is 15.0 Å². The molecule has 0 bridgehead atoms. The first kappa shape index (κ1) is 29.1. The Bertz CT molecular complexity index is 1390. The van der Waals surface area contributed by atoms with E-state index >= 15 is 0 Å². The van der Waals surface area contributed by atoms with Gasteiger partial charge in [0.05, 0.1) is 5.02 Å². The lowest BCUT2D eigenvalue weighted by Crippen LogP contribution is -2.54. The topological polar surface area (TPSA) is 101 Å². The summed E-state index contributed by atoms with van der Waals surface area (Å²) in [6, 6.07) is 12.2. The molecule has 0 fully saturated rings. The summed E-state index contributed by atoms with van der Waals surface area (Å²) in [5.41, 5.74) is 0.409. The van der Waals surface area contributed by atoms with Gasteiger partial charge in [-0.15, -0.1) is 0 Å². The molecule has 3 aromatic rings. The molecule has 0 atom stereocenters. The summed E-state index contributed by atoms with van der Waals surface area (Å²) in [7, 11) is -0.299. The van der Waals surface area contributed by atoms with Crippen LogP contribution in [0.3, 0.4) is 0 Å². The second-order valence-corrected chi connectivity index (χ2v) is 12.0. The predicted octanol–water partition coefficient (Wildman–Crippen LogP) is 4.55. The third-order valence-corrected chi connectivity index (χ3v) is 8.26. The van der Waals surface area contributed by atoms with Crippen LogP contribution in [0.4, 0.5) is 0 Å². The molecule has 200 valence electrons. The molecular weight excluding hydrogens is 535 g/mol. The molecule has 0 aliphatic rings. The molecular formula is C26H32Cl2N4O4S. The van der Waals surface area contributed by atoms with E-state index in [-0.39, 0.29) is 21.5 Å². The van der Waals surface area contributed by atoms with E-state index in [1.807, 2.05) is 50.2 Å². The van der Waals surface area contributed by atoms with E-state index in [9.17, 15) is 13.2 Å². The lowest BCUT2D eigenvalue weighted by molar-refractivity contribution is -0.125. The summed E-state index contributed by atoms with van der Waals surface area (Å²) >= 11 is 12.9. The first-order chi connectivity index (χ1) is 17.3. The number of carbonyl (C=O) groups excluding carboxylic acids is 1. The summed E-state index contributed by atoms with van der Waals surface area (Å²) in [6.07, 6.45) is 0.736. The smallest absolute Gasteiger partial charge is 0.243 e. The lowest BCUT2D eigenvalue weighted by Gasteiger charge is -2.25. The van der Waals surface area contributed by atoms with Crippen LogP contribution in [-0.2, 0) is 21.4 Å². The van der Waals surface area contributed by atoms with Crippen molar-refractivity contribution in [1.82, 2.24) is 19.9 Å². The third-order valence-electron chi connectivity index (χ3n) is 5.66. The van der Waals surface area contributed by atoms with Gasteiger partial charge >= 0.3 is 0 Å². The number of ether oxygens (including phenoxy) is 1. The Morgan fingerprint density at radius 3 is 2.54 bits per heavy atom. The Kier molecular flexibility index (Phi) is 9.42. The van der Waals surface area contributed by atoms with E-state index in [0.29, 0.717) is 23.4 Å². The molecule has 1 aromatic heterocycles. The van der Waals surface area contributed by atoms with Crippen LogP contribution in [-0.4, -0.2) is 56.9 Å². The first-order valence-corrected chi connectivity index (χ1v) is 14.0. The number of aromatic nitrogens is 1.